The van der Waals surface area contributed by atoms with Crippen molar-refractivity contribution in [2.24, 2.45) is 0 Å². The Hall–Kier alpha value is -2.35. The van der Waals surface area contributed by atoms with E-state index in [0.717, 1.165) is 19.3 Å². The van der Waals surface area contributed by atoms with Gasteiger partial charge in [0.15, 0.2) is 0 Å². The van der Waals surface area contributed by atoms with Crippen molar-refractivity contribution < 1.29 is 4.79 Å². The van der Waals surface area contributed by atoms with Crippen LogP contribution >= 0.6 is 0 Å². The predicted molar refractivity (Wildman–Crippen MR) is 88.0 cm³/mol. The van der Waals surface area contributed by atoms with Gasteiger partial charge in [-0.05, 0) is 29.5 Å². The highest BCUT2D eigenvalue weighted by Crippen LogP contribution is 2.42. The molecule has 1 fully saturated rings. The topological polar surface area (TPSA) is 20.3 Å². The van der Waals surface area contributed by atoms with Gasteiger partial charge >= 0.3 is 0 Å². The third-order valence-corrected chi connectivity index (χ3v) is 4.74. The third-order valence-electron chi connectivity index (χ3n) is 4.74. The molecule has 2 aliphatic rings. The van der Waals surface area contributed by atoms with Crippen molar-refractivity contribution in [1.82, 2.24) is 4.90 Å². The largest absolute Gasteiger partial charge is 0.312 e. The summed E-state index contributed by atoms with van der Waals surface area (Å²) in [6, 6.07) is 21.3. The Kier molecular flexibility index (Phi) is 3.30. The Bertz CT molecular complexity index is 718. The maximum atomic E-state index is 12.3. The highest BCUT2D eigenvalue weighted by atomic mass is 16.2. The Labute approximate surface area is 131 Å². The molecular formula is C20H19NO. The number of carbonyl (C=O) groups excluding carboxylic acids is 1. The van der Waals surface area contributed by atoms with E-state index in [1.54, 1.807) is 0 Å². The fourth-order valence-electron chi connectivity index (χ4n) is 3.71. The molecule has 0 bridgehead atoms. The number of hydrogen-bond donors (Lipinski definition) is 0. The Morgan fingerprint density at radius 1 is 0.955 bits per heavy atom. The maximum absolute atomic E-state index is 12.3. The smallest absolute Gasteiger partial charge is 0.227 e. The van der Waals surface area contributed by atoms with E-state index in [2.05, 4.69) is 53.4 Å². The summed E-state index contributed by atoms with van der Waals surface area (Å²) in [5, 5.41) is 0. The van der Waals surface area contributed by atoms with Crippen LogP contribution in [0.15, 0.2) is 66.4 Å². The molecule has 1 amide bonds. The van der Waals surface area contributed by atoms with E-state index in [1.807, 2.05) is 12.1 Å². The minimum atomic E-state index is 0.293. The van der Waals surface area contributed by atoms with Crippen molar-refractivity contribution in [2.75, 3.05) is 0 Å². The zero-order valence-electron chi connectivity index (χ0n) is 12.5. The van der Waals surface area contributed by atoms with E-state index in [-0.39, 0.29) is 0 Å². The van der Waals surface area contributed by atoms with E-state index in [4.69, 9.17) is 0 Å². The highest BCUT2D eigenvalue weighted by Gasteiger charge is 2.40. The average Bonchev–Trinajstić information content (AvgIpc) is 3.10. The van der Waals surface area contributed by atoms with Crippen molar-refractivity contribution in [2.45, 2.75) is 31.7 Å². The van der Waals surface area contributed by atoms with Crippen molar-refractivity contribution in [1.29, 1.82) is 0 Å². The van der Waals surface area contributed by atoms with Gasteiger partial charge in [0, 0.05) is 24.6 Å². The molecule has 2 aromatic carbocycles. The molecule has 1 saturated heterocycles. The monoisotopic (exact) mass is 289 g/mol. The molecule has 2 aromatic rings. The molecule has 2 nitrogen and oxygen atoms in total. The van der Waals surface area contributed by atoms with Crippen LogP contribution in [0.5, 0.6) is 0 Å². The molecule has 0 saturated carbocycles. The van der Waals surface area contributed by atoms with Gasteiger partial charge < -0.3 is 4.90 Å². The number of rotatable bonds is 3. The van der Waals surface area contributed by atoms with Crippen LogP contribution in [0.4, 0.5) is 0 Å². The fourth-order valence-corrected chi connectivity index (χ4v) is 3.71. The number of benzene rings is 2. The van der Waals surface area contributed by atoms with Crippen molar-refractivity contribution in [3.05, 3.63) is 77.5 Å². The second-order valence-corrected chi connectivity index (χ2v) is 6.11. The van der Waals surface area contributed by atoms with E-state index in [0.29, 0.717) is 18.4 Å². The minimum absolute atomic E-state index is 0.293. The maximum Gasteiger partial charge on any atom is 0.227 e. The molecule has 22 heavy (non-hydrogen) atoms. The van der Waals surface area contributed by atoms with Crippen molar-refractivity contribution in [3.8, 4) is 0 Å². The van der Waals surface area contributed by atoms with Gasteiger partial charge in [-0.1, -0.05) is 60.7 Å². The minimum Gasteiger partial charge on any atom is -0.312 e. The lowest BCUT2D eigenvalue weighted by Crippen LogP contribution is -2.28. The van der Waals surface area contributed by atoms with Gasteiger partial charge in [0.2, 0.25) is 5.91 Å². The summed E-state index contributed by atoms with van der Waals surface area (Å²) < 4.78 is 0. The van der Waals surface area contributed by atoms with Crippen molar-refractivity contribution >= 4 is 11.5 Å². The van der Waals surface area contributed by atoms with Gasteiger partial charge in [-0.25, -0.2) is 0 Å². The third kappa shape index (κ3) is 2.25. The molecule has 110 valence electrons. The predicted octanol–water partition coefficient (Wildman–Crippen LogP) is 4.04. The van der Waals surface area contributed by atoms with Crippen LogP contribution in [-0.4, -0.2) is 16.8 Å². The van der Waals surface area contributed by atoms with Crippen LogP contribution in [0, 0.1) is 0 Å². The van der Waals surface area contributed by atoms with E-state index >= 15 is 0 Å². The van der Waals surface area contributed by atoms with Gasteiger partial charge in [0.1, 0.15) is 0 Å². The quantitative estimate of drug-likeness (QED) is 0.835. The lowest BCUT2D eigenvalue weighted by atomic mass is 9.97. The average molecular weight is 289 g/mol. The van der Waals surface area contributed by atoms with Gasteiger partial charge in [-0.2, -0.15) is 0 Å². The first kappa shape index (κ1) is 13.3. The van der Waals surface area contributed by atoms with Crippen LogP contribution in [-0.2, 0) is 11.2 Å². The molecule has 1 atom stereocenters. The second-order valence-electron chi connectivity index (χ2n) is 6.11. The molecule has 0 N–H and O–H groups in total. The molecule has 4 rings (SSSR count). The lowest BCUT2D eigenvalue weighted by Gasteiger charge is -2.20. The highest BCUT2D eigenvalue weighted by molar-refractivity contribution is 5.87. The lowest BCUT2D eigenvalue weighted by molar-refractivity contribution is -0.126. The van der Waals surface area contributed by atoms with Gasteiger partial charge in [0.25, 0.3) is 0 Å². The molecule has 2 heteroatoms. The number of hydrogen-bond acceptors (Lipinski definition) is 1. The first-order valence-electron chi connectivity index (χ1n) is 7.96. The van der Waals surface area contributed by atoms with E-state index in [1.165, 1.54) is 22.4 Å². The summed E-state index contributed by atoms with van der Waals surface area (Å²) in [5.74, 6) is 0.293. The molecule has 0 aliphatic carbocycles. The number of fused-ring (bicyclic) bond motifs is 1. The molecule has 0 aromatic heterocycles. The van der Waals surface area contributed by atoms with Gasteiger partial charge in [0.05, 0.1) is 0 Å². The van der Waals surface area contributed by atoms with Crippen molar-refractivity contribution in [3.63, 3.8) is 0 Å². The Morgan fingerprint density at radius 3 is 2.36 bits per heavy atom. The van der Waals surface area contributed by atoms with Gasteiger partial charge in [-0.3, -0.25) is 4.79 Å². The molecule has 0 spiro atoms. The SMILES string of the molecule is O=C1CC[C@H]2CC(c3ccccc3)=C(Cc3ccccc3)N12. The van der Waals surface area contributed by atoms with Gasteiger partial charge in [-0.15, -0.1) is 0 Å². The second kappa shape index (κ2) is 5.45. The summed E-state index contributed by atoms with van der Waals surface area (Å²) in [7, 11) is 0. The van der Waals surface area contributed by atoms with Crippen LogP contribution in [0.25, 0.3) is 5.57 Å². The molecule has 2 heterocycles. The number of carbonyl (C=O) groups is 1. The number of nitrogens with zero attached hydrogens (tertiary/aromatic N) is 1. The normalized spacial score (nSPS) is 20.6. The number of allylic oxidation sites excluding steroid dienone is 1. The number of amides is 1. The summed E-state index contributed by atoms with van der Waals surface area (Å²) in [6.45, 7) is 0. The first-order chi connectivity index (χ1) is 10.8. The van der Waals surface area contributed by atoms with E-state index < -0.39 is 0 Å². The zero-order chi connectivity index (χ0) is 14.9. The van der Waals surface area contributed by atoms with Crippen LogP contribution < -0.4 is 0 Å². The molecule has 0 radical (unpaired) electrons. The van der Waals surface area contributed by atoms with Crippen LogP contribution in [0.1, 0.15) is 30.4 Å². The summed E-state index contributed by atoms with van der Waals surface area (Å²) in [4.78, 5) is 14.4. The van der Waals surface area contributed by atoms with Crippen LogP contribution in [0.3, 0.4) is 0 Å². The summed E-state index contributed by atoms with van der Waals surface area (Å²) in [5.41, 5.74) is 5.09. The Morgan fingerprint density at radius 2 is 1.64 bits per heavy atom. The molecule has 2 aliphatic heterocycles. The fraction of sp³-hybridized carbons (Fsp3) is 0.250. The van der Waals surface area contributed by atoms with E-state index in [9.17, 15) is 4.79 Å². The zero-order valence-corrected chi connectivity index (χ0v) is 12.5. The first-order valence-corrected chi connectivity index (χ1v) is 7.96. The van der Waals surface area contributed by atoms with Crippen LogP contribution in [0.2, 0.25) is 0 Å². The summed E-state index contributed by atoms with van der Waals surface area (Å²) in [6.07, 6.45) is 3.53. The molecule has 0 unspecified atom stereocenters. The summed E-state index contributed by atoms with van der Waals surface area (Å²) >= 11 is 0. The molecular weight excluding hydrogens is 270 g/mol. The standard InChI is InChI=1S/C20H19NO/c22-20-12-11-17-14-18(16-9-5-2-6-10-16)19(21(17)20)13-15-7-3-1-4-8-15/h1-10,17H,11-14H2/t17-/m0/s1. The Balaban J connectivity index is 1.77.